The number of carbonyl (C=O) groups is 1. The van der Waals surface area contributed by atoms with Gasteiger partial charge in [0.2, 0.25) is 0 Å². The molecule has 0 radical (unpaired) electrons. The number of methoxy groups -OCH3 is 1. The van der Waals surface area contributed by atoms with Gasteiger partial charge in [-0.3, -0.25) is 0 Å². The Kier molecular flexibility index (Phi) is 11.4. The van der Waals surface area contributed by atoms with E-state index in [0.717, 1.165) is 58.5 Å². The number of benzene rings is 2. The minimum atomic E-state index is 0.0846. The first kappa shape index (κ1) is 24.6. The fourth-order valence-corrected chi connectivity index (χ4v) is 4.56. The molecule has 0 saturated carbocycles. The molecule has 166 valence electrons. The summed E-state index contributed by atoms with van der Waals surface area (Å²) in [6.45, 7) is 4.72. The molecule has 6 nitrogen and oxygen atoms in total. The van der Waals surface area contributed by atoms with E-state index in [1.807, 2.05) is 68.4 Å². The molecule has 0 aliphatic carbocycles. The second-order valence-electron chi connectivity index (χ2n) is 6.68. The van der Waals surface area contributed by atoms with Gasteiger partial charge >= 0.3 is 171 Å². The first-order chi connectivity index (χ1) is 15.2. The van der Waals surface area contributed by atoms with Crippen molar-refractivity contribution in [1.82, 2.24) is 15.5 Å². The molecule has 2 aromatic carbocycles. The molecular formula is C24H32N4O2Se. The van der Waals surface area contributed by atoms with E-state index >= 15 is 0 Å². The topological polar surface area (TPSA) is 76.1 Å². The summed E-state index contributed by atoms with van der Waals surface area (Å²) in [5.74, 6) is 0.902. The van der Waals surface area contributed by atoms with E-state index in [1.54, 1.807) is 7.11 Å². The Labute approximate surface area is 191 Å². The number of ether oxygens (including phenoxy) is 1. The Morgan fingerprint density at radius 2 is 1.81 bits per heavy atom. The molecule has 1 heterocycles. The van der Waals surface area contributed by atoms with Gasteiger partial charge in [-0.2, -0.15) is 0 Å². The second kappa shape index (κ2) is 14.4. The van der Waals surface area contributed by atoms with Crippen LogP contribution in [0.2, 0.25) is 0 Å². The summed E-state index contributed by atoms with van der Waals surface area (Å²) in [7, 11) is 1.66. The predicted molar refractivity (Wildman–Crippen MR) is 127 cm³/mol. The van der Waals surface area contributed by atoms with Crippen LogP contribution in [0.1, 0.15) is 43.2 Å². The summed E-state index contributed by atoms with van der Waals surface area (Å²) in [6, 6.07) is 17.6. The SMILES string of the molecule is CC.COc1cccc(Nc2nnc(CCCCCNC(=O)Cc3ccccc3)[se]2)c1. The van der Waals surface area contributed by atoms with Crippen LogP contribution < -0.4 is 15.4 Å². The Morgan fingerprint density at radius 1 is 1.00 bits per heavy atom. The molecule has 0 unspecified atom stereocenters. The van der Waals surface area contributed by atoms with Crippen molar-refractivity contribution >= 4 is 30.8 Å². The predicted octanol–water partition coefficient (Wildman–Crippen LogP) is 4.38. The Morgan fingerprint density at radius 3 is 2.58 bits per heavy atom. The van der Waals surface area contributed by atoms with Crippen molar-refractivity contribution in [3.8, 4) is 5.75 Å². The standard InChI is InChI=1S/C22H26N4O2Se.C2H6/c1-28-19-12-8-11-18(16-19)24-22-26-25-21(29-22)13-6-3-7-14-23-20(27)15-17-9-4-2-5-10-17;1-2/h2,4-5,8-12,16H,3,6-7,13-15H2,1H3,(H,23,27)(H,24,26);1-2H3. The molecule has 1 amide bonds. The van der Waals surface area contributed by atoms with Crippen molar-refractivity contribution in [2.24, 2.45) is 0 Å². The fourth-order valence-electron chi connectivity index (χ4n) is 2.88. The normalized spacial score (nSPS) is 10.0. The summed E-state index contributed by atoms with van der Waals surface area (Å²) < 4.78 is 7.33. The molecule has 0 aliphatic rings. The second-order valence-corrected chi connectivity index (χ2v) is 8.91. The summed E-state index contributed by atoms with van der Waals surface area (Å²) >= 11 is 0.146. The Balaban J connectivity index is 0.00000166. The number of nitrogens with one attached hydrogen (secondary N) is 2. The van der Waals surface area contributed by atoms with Crippen molar-refractivity contribution in [1.29, 1.82) is 0 Å². The third-order valence-corrected chi connectivity index (χ3v) is 6.27. The van der Waals surface area contributed by atoms with Gasteiger partial charge in [0.15, 0.2) is 0 Å². The number of hydrogen-bond donors (Lipinski definition) is 2. The summed E-state index contributed by atoms with van der Waals surface area (Å²) in [6.07, 6.45) is 4.53. The first-order valence-corrected chi connectivity index (χ1v) is 12.5. The molecule has 7 heteroatoms. The number of unbranched alkanes of at least 4 members (excludes halogenated alkanes) is 2. The van der Waals surface area contributed by atoms with Crippen LogP contribution in [0.15, 0.2) is 54.6 Å². The van der Waals surface area contributed by atoms with E-state index in [9.17, 15) is 4.79 Å². The molecular weight excluding hydrogens is 455 g/mol. The molecule has 0 fully saturated rings. The molecule has 3 rings (SSSR count). The third-order valence-electron chi connectivity index (χ3n) is 4.38. The number of amides is 1. The van der Waals surface area contributed by atoms with Crippen LogP contribution in [0.5, 0.6) is 5.75 Å². The van der Waals surface area contributed by atoms with Crippen molar-refractivity contribution in [3.05, 3.63) is 64.7 Å². The molecule has 0 bridgehead atoms. The number of aryl methyl sites for hydroxylation is 1. The molecule has 31 heavy (non-hydrogen) atoms. The van der Waals surface area contributed by atoms with E-state index < -0.39 is 0 Å². The van der Waals surface area contributed by atoms with Crippen LogP contribution in [0.4, 0.5) is 10.4 Å². The number of nitrogens with zero attached hydrogens (tertiary/aromatic N) is 2. The van der Waals surface area contributed by atoms with Gasteiger partial charge in [-0.1, -0.05) is 19.9 Å². The monoisotopic (exact) mass is 488 g/mol. The number of hydrogen-bond acceptors (Lipinski definition) is 5. The summed E-state index contributed by atoms with van der Waals surface area (Å²) in [5.41, 5.74) is 2.01. The van der Waals surface area contributed by atoms with Crippen molar-refractivity contribution in [3.63, 3.8) is 0 Å². The first-order valence-electron chi connectivity index (χ1n) is 10.8. The summed E-state index contributed by atoms with van der Waals surface area (Å²) in [5, 5.41) is 14.9. The average Bonchev–Trinajstić information content (AvgIpc) is 3.25. The third kappa shape index (κ3) is 9.37. The summed E-state index contributed by atoms with van der Waals surface area (Å²) in [4.78, 5) is 11.9. The van der Waals surface area contributed by atoms with E-state index in [2.05, 4.69) is 20.8 Å². The van der Waals surface area contributed by atoms with E-state index in [0.29, 0.717) is 6.42 Å². The van der Waals surface area contributed by atoms with Gasteiger partial charge in [0.05, 0.1) is 0 Å². The van der Waals surface area contributed by atoms with Crippen LogP contribution in [-0.2, 0) is 17.6 Å². The minimum absolute atomic E-state index is 0.0846. The molecule has 0 atom stereocenters. The van der Waals surface area contributed by atoms with E-state index in [1.165, 1.54) is 0 Å². The molecule has 3 aromatic rings. The number of anilines is 2. The molecule has 2 N–H and O–H groups in total. The van der Waals surface area contributed by atoms with Crippen molar-refractivity contribution in [2.45, 2.75) is 46.0 Å². The molecule has 0 spiro atoms. The molecule has 0 aliphatic heterocycles. The van der Waals surface area contributed by atoms with Crippen LogP contribution in [0, 0.1) is 0 Å². The number of aromatic nitrogens is 2. The van der Waals surface area contributed by atoms with Gasteiger partial charge in [-0.25, -0.2) is 0 Å². The van der Waals surface area contributed by atoms with Gasteiger partial charge in [0.25, 0.3) is 0 Å². The van der Waals surface area contributed by atoms with Crippen molar-refractivity contribution in [2.75, 3.05) is 19.0 Å². The average molecular weight is 488 g/mol. The quantitative estimate of drug-likeness (QED) is 0.310. The zero-order chi connectivity index (χ0) is 22.3. The number of carbonyl (C=O) groups excluding carboxylic acids is 1. The van der Waals surface area contributed by atoms with Crippen LogP contribution in [-0.4, -0.2) is 44.3 Å². The number of rotatable bonds is 11. The fraction of sp³-hybridized carbons (Fsp3) is 0.375. The zero-order valence-electron chi connectivity index (χ0n) is 18.6. The van der Waals surface area contributed by atoms with Gasteiger partial charge in [-0.05, 0) is 0 Å². The molecule has 0 saturated heterocycles. The van der Waals surface area contributed by atoms with E-state index in [4.69, 9.17) is 4.74 Å². The van der Waals surface area contributed by atoms with Crippen molar-refractivity contribution < 1.29 is 9.53 Å². The Bertz CT molecular complexity index is 899. The van der Waals surface area contributed by atoms with Crippen LogP contribution in [0.3, 0.4) is 0 Å². The van der Waals surface area contributed by atoms with Gasteiger partial charge < -0.3 is 0 Å². The van der Waals surface area contributed by atoms with Crippen LogP contribution in [0.25, 0.3) is 0 Å². The van der Waals surface area contributed by atoms with Gasteiger partial charge in [-0.15, -0.1) is 0 Å². The maximum absolute atomic E-state index is 11.9. The maximum atomic E-state index is 11.9. The van der Waals surface area contributed by atoms with Gasteiger partial charge in [0.1, 0.15) is 0 Å². The van der Waals surface area contributed by atoms with E-state index in [-0.39, 0.29) is 20.4 Å². The zero-order valence-corrected chi connectivity index (χ0v) is 20.3. The van der Waals surface area contributed by atoms with Crippen LogP contribution >= 0.6 is 0 Å². The Hall–Kier alpha value is -2.63. The van der Waals surface area contributed by atoms with Gasteiger partial charge in [0, 0.05) is 0 Å². The molecule has 1 aromatic heterocycles.